The monoisotopic (exact) mass is 298 g/mol. The molecule has 2 heterocycles. The van der Waals surface area contributed by atoms with E-state index in [-0.39, 0.29) is 12.4 Å². The standard InChI is InChI=1S/C18H18N2.ClH/c1-6-12-20(13-7-1)18-14-8-2-4-10-16(14)19-17-11-5-3-9-15(17)18;/h2-5,8-11H,1,6-7,12-13H2;1H. The first-order valence-corrected chi connectivity index (χ1v) is 7.46. The SMILES string of the molecule is Cl.c1ccc2c(N3CCCCC3)c3ccccc3nc2c1. The molecule has 3 aromatic rings. The normalized spacial score (nSPS) is 15.1. The van der Waals surface area contributed by atoms with Crippen molar-refractivity contribution < 1.29 is 0 Å². The quantitative estimate of drug-likeness (QED) is 0.600. The molecule has 2 nitrogen and oxygen atoms in total. The van der Waals surface area contributed by atoms with Gasteiger partial charge in [-0.1, -0.05) is 36.4 Å². The summed E-state index contributed by atoms with van der Waals surface area (Å²) in [5, 5.41) is 2.57. The maximum atomic E-state index is 4.81. The van der Waals surface area contributed by atoms with Crippen LogP contribution in [0.5, 0.6) is 0 Å². The Morgan fingerprint density at radius 3 is 1.81 bits per heavy atom. The summed E-state index contributed by atoms with van der Waals surface area (Å²) in [6.07, 6.45) is 3.95. The lowest BCUT2D eigenvalue weighted by Gasteiger charge is -2.30. The van der Waals surface area contributed by atoms with Gasteiger partial charge in [-0.25, -0.2) is 4.98 Å². The highest BCUT2D eigenvalue weighted by Gasteiger charge is 2.17. The van der Waals surface area contributed by atoms with Crippen molar-refractivity contribution in [2.24, 2.45) is 0 Å². The summed E-state index contributed by atoms with van der Waals surface area (Å²) in [6.45, 7) is 2.33. The molecule has 108 valence electrons. The van der Waals surface area contributed by atoms with Gasteiger partial charge in [0.1, 0.15) is 0 Å². The molecule has 0 radical (unpaired) electrons. The van der Waals surface area contributed by atoms with E-state index in [1.165, 1.54) is 35.7 Å². The highest BCUT2D eigenvalue weighted by molar-refractivity contribution is 6.07. The molecule has 0 bridgehead atoms. The number of aromatic nitrogens is 1. The Kier molecular flexibility index (Phi) is 3.98. The van der Waals surface area contributed by atoms with E-state index in [2.05, 4.69) is 53.4 Å². The molecular weight excluding hydrogens is 280 g/mol. The van der Waals surface area contributed by atoms with Crippen LogP contribution in [-0.2, 0) is 0 Å². The topological polar surface area (TPSA) is 16.1 Å². The third-order valence-electron chi connectivity index (χ3n) is 4.23. The molecule has 0 amide bonds. The van der Waals surface area contributed by atoms with Gasteiger partial charge in [-0.15, -0.1) is 12.4 Å². The summed E-state index contributed by atoms with van der Waals surface area (Å²) in [6, 6.07) is 17.0. The van der Waals surface area contributed by atoms with Gasteiger partial charge in [-0.2, -0.15) is 0 Å². The van der Waals surface area contributed by atoms with E-state index >= 15 is 0 Å². The van der Waals surface area contributed by atoms with E-state index in [1.54, 1.807) is 0 Å². The Hall–Kier alpha value is -1.80. The van der Waals surface area contributed by atoms with Crippen molar-refractivity contribution in [3.05, 3.63) is 48.5 Å². The van der Waals surface area contributed by atoms with Crippen molar-refractivity contribution in [1.29, 1.82) is 0 Å². The maximum Gasteiger partial charge on any atom is 0.0730 e. The summed E-state index contributed by atoms with van der Waals surface area (Å²) >= 11 is 0. The number of nitrogens with zero attached hydrogens (tertiary/aromatic N) is 2. The first-order valence-electron chi connectivity index (χ1n) is 7.46. The second kappa shape index (κ2) is 5.90. The fraction of sp³-hybridized carbons (Fsp3) is 0.278. The van der Waals surface area contributed by atoms with Crippen molar-refractivity contribution in [2.45, 2.75) is 19.3 Å². The molecule has 1 fully saturated rings. The Morgan fingerprint density at radius 1 is 0.714 bits per heavy atom. The van der Waals surface area contributed by atoms with E-state index in [9.17, 15) is 0 Å². The molecule has 0 N–H and O–H groups in total. The molecule has 1 aliphatic heterocycles. The van der Waals surface area contributed by atoms with Gasteiger partial charge >= 0.3 is 0 Å². The van der Waals surface area contributed by atoms with Crippen LogP contribution in [0, 0.1) is 0 Å². The number of rotatable bonds is 1. The summed E-state index contributed by atoms with van der Waals surface area (Å²) in [4.78, 5) is 7.36. The second-order valence-electron chi connectivity index (χ2n) is 5.54. The summed E-state index contributed by atoms with van der Waals surface area (Å²) in [7, 11) is 0. The van der Waals surface area contributed by atoms with Gasteiger partial charge in [-0.05, 0) is 31.4 Å². The highest BCUT2D eigenvalue weighted by atomic mass is 35.5. The number of para-hydroxylation sites is 2. The maximum absolute atomic E-state index is 4.81. The Bertz CT molecular complexity index is 709. The zero-order valence-electron chi connectivity index (χ0n) is 12.0. The van der Waals surface area contributed by atoms with Crippen molar-refractivity contribution in [3.8, 4) is 0 Å². The predicted molar refractivity (Wildman–Crippen MR) is 92.6 cm³/mol. The van der Waals surface area contributed by atoms with E-state index in [4.69, 9.17) is 4.98 Å². The number of hydrogen-bond donors (Lipinski definition) is 0. The first-order chi connectivity index (χ1) is 9.93. The number of fused-ring (bicyclic) bond motifs is 2. The Morgan fingerprint density at radius 2 is 1.24 bits per heavy atom. The van der Waals surface area contributed by atoms with Crippen molar-refractivity contribution >= 4 is 39.9 Å². The minimum atomic E-state index is 0. The zero-order valence-corrected chi connectivity index (χ0v) is 12.8. The van der Waals surface area contributed by atoms with E-state index in [0.717, 1.165) is 24.1 Å². The fourth-order valence-electron chi connectivity index (χ4n) is 3.28. The number of pyridine rings is 1. The average Bonchev–Trinajstić information content (AvgIpc) is 2.53. The lowest BCUT2D eigenvalue weighted by molar-refractivity contribution is 0.580. The van der Waals surface area contributed by atoms with Gasteiger partial charge in [0.15, 0.2) is 0 Å². The second-order valence-corrected chi connectivity index (χ2v) is 5.54. The third kappa shape index (κ3) is 2.44. The molecule has 0 atom stereocenters. The molecule has 0 aliphatic carbocycles. The first kappa shape index (κ1) is 14.2. The van der Waals surface area contributed by atoms with Crippen LogP contribution in [0.2, 0.25) is 0 Å². The van der Waals surface area contributed by atoms with Gasteiger partial charge in [0.05, 0.1) is 16.7 Å². The molecule has 21 heavy (non-hydrogen) atoms. The van der Waals surface area contributed by atoms with Crippen molar-refractivity contribution in [3.63, 3.8) is 0 Å². The molecule has 0 unspecified atom stereocenters. The summed E-state index contributed by atoms with van der Waals surface area (Å²) < 4.78 is 0. The smallest absolute Gasteiger partial charge is 0.0730 e. The van der Waals surface area contributed by atoms with Gasteiger partial charge < -0.3 is 4.90 Å². The van der Waals surface area contributed by atoms with Gasteiger partial charge in [0, 0.05) is 23.9 Å². The van der Waals surface area contributed by atoms with Crippen LogP contribution in [-0.4, -0.2) is 18.1 Å². The molecule has 3 heteroatoms. The van der Waals surface area contributed by atoms with Crippen LogP contribution in [0.1, 0.15) is 19.3 Å². The van der Waals surface area contributed by atoms with Crippen molar-refractivity contribution in [2.75, 3.05) is 18.0 Å². The van der Waals surface area contributed by atoms with Crippen LogP contribution in [0.15, 0.2) is 48.5 Å². The van der Waals surface area contributed by atoms with Gasteiger partial charge in [0.2, 0.25) is 0 Å². The fourth-order valence-corrected chi connectivity index (χ4v) is 3.28. The Balaban J connectivity index is 0.00000132. The van der Waals surface area contributed by atoms with Crippen LogP contribution in [0.3, 0.4) is 0 Å². The molecule has 0 saturated carbocycles. The summed E-state index contributed by atoms with van der Waals surface area (Å²) in [5.41, 5.74) is 3.59. The minimum absolute atomic E-state index is 0. The number of benzene rings is 2. The number of anilines is 1. The number of piperidine rings is 1. The Labute approximate surface area is 131 Å². The third-order valence-corrected chi connectivity index (χ3v) is 4.23. The van der Waals surface area contributed by atoms with Crippen LogP contribution < -0.4 is 4.90 Å². The molecular formula is C18H19ClN2. The lowest BCUT2D eigenvalue weighted by atomic mass is 10.0. The van der Waals surface area contributed by atoms with E-state index in [1.807, 2.05) is 0 Å². The van der Waals surface area contributed by atoms with Crippen LogP contribution in [0.25, 0.3) is 21.8 Å². The summed E-state index contributed by atoms with van der Waals surface area (Å²) in [5.74, 6) is 0. The molecule has 1 aliphatic rings. The molecule has 1 aromatic heterocycles. The molecule has 4 rings (SSSR count). The number of hydrogen-bond acceptors (Lipinski definition) is 2. The largest absolute Gasteiger partial charge is 0.370 e. The molecule has 0 spiro atoms. The van der Waals surface area contributed by atoms with E-state index in [0.29, 0.717) is 0 Å². The van der Waals surface area contributed by atoms with Crippen LogP contribution >= 0.6 is 12.4 Å². The van der Waals surface area contributed by atoms with E-state index < -0.39 is 0 Å². The molecule has 1 saturated heterocycles. The van der Waals surface area contributed by atoms with Gasteiger partial charge in [0.25, 0.3) is 0 Å². The molecule has 2 aromatic carbocycles. The zero-order chi connectivity index (χ0) is 13.4. The van der Waals surface area contributed by atoms with Crippen LogP contribution in [0.4, 0.5) is 5.69 Å². The minimum Gasteiger partial charge on any atom is -0.370 e. The number of halogens is 1. The lowest BCUT2D eigenvalue weighted by Crippen LogP contribution is -2.29. The van der Waals surface area contributed by atoms with Crippen molar-refractivity contribution in [1.82, 2.24) is 4.98 Å². The van der Waals surface area contributed by atoms with Gasteiger partial charge in [-0.3, -0.25) is 0 Å². The highest BCUT2D eigenvalue weighted by Crippen LogP contribution is 2.34. The predicted octanol–water partition coefficient (Wildman–Crippen LogP) is 4.80. The average molecular weight is 299 g/mol.